The number of carbonyl (C=O) groups is 3. The summed E-state index contributed by atoms with van der Waals surface area (Å²) in [4.78, 5) is 38.3. The van der Waals surface area contributed by atoms with Crippen molar-refractivity contribution in [3.63, 3.8) is 0 Å². The number of carbonyl (C=O) groups excluding carboxylic acids is 3. The van der Waals surface area contributed by atoms with Crippen LogP contribution in [0.2, 0.25) is 0 Å². The zero-order chi connectivity index (χ0) is 25.8. The van der Waals surface area contributed by atoms with Gasteiger partial charge in [0.05, 0.1) is 0 Å². The van der Waals surface area contributed by atoms with E-state index in [0.717, 1.165) is 22.4 Å². The van der Waals surface area contributed by atoms with Crippen LogP contribution in [0.15, 0.2) is 83.5 Å². The van der Waals surface area contributed by atoms with Crippen LogP contribution in [0.5, 0.6) is 0 Å². The van der Waals surface area contributed by atoms with Gasteiger partial charge in [-0.1, -0.05) is 86.1 Å². The molecule has 0 aliphatic heterocycles. The molecule has 1 aliphatic carbocycles. The number of nitrogens with one attached hydrogen (secondary N) is 2. The third-order valence-electron chi connectivity index (χ3n) is 5.97. The highest BCUT2D eigenvalue weighted by atomic mass is 35.5. The number of ketones is 2. The van der Waals surface area contributed by atoms with Crippen LogP contribution in [0.3, 0.4) is 0 Å². The SMILES string of the molecule is Cc1cccc(NC(=O)c2ccc(CNC3=C(Cl)C(=O)c4ccccc4C3=O)cc2)c1/C=C\C(C)C. The number of benzene rings is 3. The fourth-order valence-corrected chi connectivity index (χ4v) is 4.22. The second-order valence-electron chi connectivity index (χ2n) is 9.04. The van der Waals surface area contributed by atoms with E-state index < -0.39 is 0 Å². The summed E-state index contributed by atoms with van der Waals surface area (Å²) < 4.78 is 0. The highest BCUT2D eigenvalue weighted by Gasteiger charge is 2.30. The van der Waals surface area contributed by atoms with E-state index in [4.69, 9.17) is 11.6 Å². The molecule has 6 heteroatoms. The number of rotatable bonds is 7. The van der Waals surface area contributed by atoms with Crippen molar-refractivity contribution < 1.29 is 14.4 Å². The van der Waals surface area contributed by atoms with Gasteiger partial charge in [-0.2, -0.15) is 0 Å². The maximum atomic E-state index is 12.9. The van der Waals surface area contributed by atoms with E-state index in [2.05, 4.69) is 30.6 Å². The normalized spacial score (nSPS) is 13.4. The van der Waals surface area contributed by atoms with Gasteiger partial charge in [0, 0.05) is 34.5 Å². The molecule has 4 rings (SSSR count). The molecule has 3 aromatic carbocycles. The topological polar surface area (TPSA) is 75.3 Å². The molecule has 182 valence electrons. The number of amides is 1. The average molecular weight is 499 g/mol. The Balaban J connectivity index is 1.45. The minimum atomic E-state index is -0.375. The Kier molecular flexibility index (Phi) is 7.51. The molecule has 0 aromatic heterocycles. The van der Waals surface area contributed by atoms with Crippen molar-refractivity contribution in [2.24, 2.45) is 5.92 Å². The first-order chi connectivity index (χ1) is 17.3. The Morgan fingerprint density at radius 3 is 2.25 bits per heavy atom. The molecule has 36 heavy (non-hydrogen) atoms. The monoisotopic (exact) mass is 498 g/mol. The van der Waals surface area contributed by atoms with Gasteiger partial charge in [-0.3, -0.25) is 14.4 Å². The molecule has 0 bridgehead atoms. The molecule has 0 saturated carbocycles. The minimum absolute atomic E-state index is 0.0867. The first-order valence-electron chi connectivity index (χ1n) is 11.8. The Bertz CT molecular complexity index is 1400. The number of aryl methyl sites for hydroxylation is 1. The lowest BCUT2D eigenvalue weighted by molar-refractivity contribution is 0.0974. The van der Waals surface area contributed by atoms with E-state index in [1.165, 1.54) is 0 Å². The second kappa shape index (κ2) is 10.8. The van der Waals surface area contributed by atoms with Crippen LogP contribution in [0.25, 0.3) is 6.08 Å². The summed E-state index contributed by atoms with van der Waals surface area (Å²) in [6.45, 7) is 6.50. The van der Waals surface area contributed by atoms with Crippen LogP contribution < -0.4 is 10.6 Å². The molecule has 0 spiro atoms. The Labute approximate surface area is 215 Å². The molecule has 0 fully saturated rings. The van der Waals surface area contributed by atoms with Crippen LogP contribution in [0, 0.1) is 12.8 Å². The van der Waals surface area contributed by atoms with Crippen molar-refractivity contribution >= 4 is 40.8 Å². The van der Waals surface area contributed by atoms with E-state index in [1.807, 2.05) is 31.2 Å². The van der Waals surface area contributed by atoms with Crippen LogP contribution in [-0.2, 0) is 6.54 Å². The largest absolute Gasteiger partial charge is 0.376 e. The average Bonchev–Trinajstić information content (AvgIpc) is 2.87. The maximum absolute atomic E-state index is 12.9. The summed E-state index contributed by atoms with van der Waals surface area (Å²) in [6, 6.07) is 19.5. The van der Waals surface area contributed by atoms with Crippen LogP contribution in [0.1, 0.15) is 61.6 Å². The van der Waals surface area contributed by atoms with Gasteiger partial charge in [0.2, 0.25) is 11.6 Å². The molecule has 0 saturated heterocycles. The maximum Gasteiger partial charge on any atom is 0.255 e. The predicted molar refractivity (Wildman–Crippen MR) is 144 cm³/mol. The predicted octanol–water partition coefficient (Wildman–Crippen LogP) is 6.54. The van der Waals surface area contributed by atoms with Gasteiger partial charge in [-0.15, -0.1) is 0 Å². The lowest BCUT2D eigenvalue weighted by Crippen LogP contribution is -2.28. The Morgan fingerprint density at radius 2 is 1.58 bits per heavy atom. The summed E-state index contributed by atoms with van der Waals surface area (Å²) in [5.41, 5.74) is 4.89. The molecule has 1 aliphatic rings. The lowest BCUT2D eigenvalue weighted by atomic mass is 9.92. The van der Waals surface area contributed by atoms with Crippen LogP contribution >= 0.6 is 11.6 Å². The van der Waals surface area contributed by atoms with Gasteiger partial charge >= 0.3 is 0 Å². The number of hydrogen-bond donors (Lipinski definition) is 2. The second-order valence-corrected chi connectivity index (χ2v) is 9.41. The molecule has 0 atom stereocenters. The van der Waals surface area contributed by atoms with E-state index in [9.17, 15) is 14.4 Å². The zero-order valence-corrected chi connectivity index (χ0v) is 21.1. The van der Waals surface area contributed by atoms with Gasteiger partial charge < -0.3 is 10.6 Å². The van der Waals surface area contributed by atoms with Gasteiger partial charge in [-0.05, 0) is 42.2 Å². The third-order valence-corrected chi connectivity index (χ3v) is 6.33. The van der Waals surface area contributed by atoms with E-state index in [1.54, 1.807) is 48.5 Å². The molecule has 5 nitrogen and oxygen atoms in total. The molecular weight excluding hydrogens is 472 g/mol. The zero-order valence-electron chi connectivity index (χ0n) is 20.4. The third kappa shape index (κ3) is 5.31. The van der Waals surface area contributed by atoms with Crippen molar-refractivity contribution in [2.75, 3.05) is 5.32 Å². The van der Waals surface area contributed by atoms with Gasteiger partial charge in [0.1, 0.15) is 10.7 Å². The molecule has 0 radical (unpaired) electrons. The quantitative estimate of drug-likeness (QED) is 0.388. The van der Waals surface area contributed by atoms with Gasteiger partial charge in [0.15, 0.2) is 0 Å². The van der Waals surface area contributed by atoms with Crippen molar-refractivity contribution in [3.8, 4) is 0 Å². The first-order valence-corrected chi connectivity index (χ1v) is 12.1. The Hall–Kier alpha value is -3.96. The number of fused-ring (bicyclic) bond motifs is 1. The van der Waals surface area contributed by atoms with Crippen LogP contribution in [0.4, 0.5) is 5.69 Å². The van der Waals surface area contributed by atoms with E-state index >= 15 is 0 Å². The summed E-state index contributed by atoms with van der Waals surface area (Å²) in [5.74, 6) is -0.502. The minimum Gasteiger partial charge on any atom is -0.376 e. The molecule has 0 unspecified atom stereocenters. The van der Waals surface area contributed by atoms with Crippen LogP contribution in [-0.4, -0.2) is 17.5 Å². The number of hydrogen-bond acceptors (Lipinski definition) is 4. The Morgan fingerprint density at radius 1 is 0.917 bits per heavy atom. The van der Waals surface area contributed by atoms with Crippen molar-refractivity contribution in [1.82, 2.24) is 5.32 Å². The summed E-state index contributed by atoms with van der Waals surface area (Å²) in [5, 5.41) is 5.90. The summed E-state index contributed by atoms with van der Waals surface area (Å²) in [6.07, 6.45) is 4.14. The fourth-order valence-electron chi connectivity index (χ4n) is 3.96. The number of halogens is 1. The molecule has 1 amide bonds. The fraction of sp³-hybridized carbons (Fsp3) is 0.167. The number of Topliss-reactive ketones (excluding diaryl/α,β-unsaturated/α-hetero) is 2. The van der Waals surface area contributed by atoms with E-state index in [0.29, 0.717) is 22.6 Å². The van der Waals surface area contributed by atoms with Crippen molar-refractivity contribution in [3.05, 3.63) is 117 Å². The standard InChI is InChI=1S/C30H27ClN2O3/c1-18(2)11-16-22-19(3)7-6-10-25(22)33-30(36)21-14-12-20(13-15-21)17-32-27-26(31)28(34)23-8-4-5-9-24(23)29(27)35/h4-16,18,32H,17H2,1-3H3,(H,33,36)/b16-11-. The first kappa shape index (κ1) is 25.1. The number of allylic oxidation sites excluding steroid dienone is 3. The summed E-state index contributed by atoms with van der Waals surface area (Å²) in [7, 11) is 0. The van der Waals surface area contributed by atoms with E-state index in [-0.39, 0.29) is 34.7 Å². The van der Waals surface area contributed by atoms with Crippen molar-refractivity contribution in [2.45, 2.75) is 27.3 Å². The van der Waals surface area contributed by atoms with Gasteiger partial charge in [-0.25, -0.2) is 0 Å². The van der Waals surface area contributed by atoms with Gasteiger partial charge in [0.25, 0.3) is 5.91 Å². The highest BCUT2D eigenvalue weighted by Crippen LogP contribution is 2.27. The lowest BCUT2D eigenvalue weighted by Gasteiger charge is -2.19. The summed E-state index contributed by atoms with van der Waals surface area (Å²) >= 11 is 6.22. The highest BCUT2D eigenvalue weighted by molar-refractivity contribution is 6.49. The smallest absolute Gasteiger partial charge is 0.255 e. The van der Waals surface area contributed by atoms with Crippen molar-refractivity contribution in [1.29, 1.82) is 0 Å². The molecular formula is C30H27ClN2O3. The number of anilines is 1. The molecule has 2 N–H and O–H groups in total. The molecule has 0 heterocycles. The molecule has 3 aromatic rings.